The number of nitrogens with one attached hydrogen (secondary N) is 2. The summed E-state index contributed by atoms with van der Waals surface area (Å²) in [6.45, 7) is 0.341. The third kappa shape index (κ3) is 6.42. The molecule has 0 bridgehead atoms. The van der Waals surface area contributed by atoms with E-state index in [1.165, 1.54) is 19.3 Å². The van der Waals surface area contributed by atoms with Crippen LogP contribution in [-0.4, -0.2) is 26.2 Å². The molecule has 0 atom stereocenters. The van der Waals surface area contributed by atoms with E-state index in [-0.39, 0.29) is 5.75 Å². The zero-order chi connectivity index (χ0) is 16.7. The number of guanidine groups is 1. The third-order valence-electron chi connectivity index (χ3n) is 3.88. The lowest BCUT2D eigenvalue weighted by Crippen LogP contribution is -2.37. The molecule has 0 saturated heterocycles. The van der Waals surface area contributed by atoms with Crippen molar-refractivity contribution in [2.75, 3.05) is 13.6 Å². The zero-order valence-corrected chi connectivity index (χ0v) is 13.7. The number of nitrogens with zero attached hydrogens (tertiary/aromatic N) is 1. The molecule has 1 saturated carbocycles. The molecule has 128 valence electrons. The maximum Gasteiger partial charge on any atom is 0.387 e. The Bertz CT molecular complexity index is 531. The summed E-state index contributed by atoms with van der Waals surface area (Å²) in [6.07, 6.45) is 5.12. The summed E-state index contributed by atoms with van der Waals surface area (Å²) in [6, 6.07) is 5.17. The highest BCUT2D eigenvalue weighted by Gasteiger charge is 2.20. The summed E-state index contributed by atoms with van der Waals surface area (Å²) < 4.78 is 29.5. The van der Waals surface area contributed by atoms with Crippen molar-refractivity contribution in [3.63, 3.8) is 0 Å². The molecular weight excluding hydrogens is 300 g/mol. The normalized spacial score (nSPS) is 14.9. The summed E-state index contributed by atoms with van der Waals surface area (Å²) in [5.41, 5.74) is 1.68. The summed E-state index contributed by atoms with van der Waals surface area (Å²) in [5, 5.41) is 6.39. The van der Waals surface area contributed by atoms with Crippen LogP contribution in [0.4, 0.5) is 8.78 Å². The quantitative estimate of drug-likeness (QED) is 0.437. The summed E-state index contributed by atoms with van der Waals surface area (Å²) >= 11 is 0. The van der Waals surface area contributed by atoms with E-state index in [0.29, 0.717) is 18.1 Å². The van der Waals surface area contributed by atoms with E-state index >= 15 is 0 Å². The van der Waals surface area contributed by atoms with Gasteiger partial charge in [0, 0.05) is 25.7 Å². The predicted octanol–water partition coefficient (Wildman–Crippen LogP) is 3.45. The highest BCUT2D eigenvalue weighted by molar-refractivity contribution is 5.79. The Morgan fingerprint density at radius 2 is 2.13 bits per heavy atom. The number of aliphatic imine (C=N–C) groups is 1. The minimum absolute atomic E-state index is 0.197. The van der Waals surface area contributed by atoms with Crippen LogP contribution in [0.2, 0.25) is 0 Å². The third-order valence-corrected chi connectivity index (χ3v) is 3.88. The standard InChI is InChI=1S/C17H25F2N3O/c1-12-5-8-15(23-16(18)19)14(10-12)11-22-17(20-2)21-9-3-4-13-6-7-13/h5,8,10,13,16H,3-4,6-7,9,11H2,1-2H3,(H2,20,21,22). The Balaban J connectivity index is 1.83. The van der Waals surface area contributed by atoms with Crippen LogP contribution < -0.4 is 15.4 Å². The van der Waals surface area contributed by atoms with Crippen molar-refractivity contribution in [3.05, 3.63) is 29.3 Å². The fraction of sp³-hybridized carbons (Fsp3) is 0.588. The van der Waals surface area contributed by atoms with Crippen LogP contribution in [0.3, 0.4) is 0 Å². The summed E-state index contributed by atoms with van der Waals surface area (Å²) in [4.78, 5) is 4.15. The molecule has 1 aliphatic carbocycles. The van der Waals surface area contributed by atoms with Gasteiger partial charge in [0.1, 0.15) is 5.75 Å². The first-order chi connectivity index (χ1) is 11.1. The van der Waals surface area contributed by atoms with E-state index in [1.54, 1.807) is 19.2 Å². The van der Waals surface area contributed by atoms with Gasteiger partial charge in [0.25, 0.3) is 0 Å². The van der Waals surface area contributed by atoms with Gasteiger partial charge in [-0.3, -0.25) is 4.99 Å². The highest BCUT2D eigenvalue weighted by Crippen LogP contribution is 2.33. The molecule has 0 spiro atoms. The van der Waals surface area contributed by atoms with E-state index in [1.807, 2.05) is 13.0 Å². The topological polar surface area (TPSA) is 45.7 Å². The highest BCUT2D eigenvalue weighted by atomic mass is 19.3. The van der Waals surface area contributed by atoms with Crippen LogP contribution in [0.15, 0.2) is 23.2 Å². The molecule has 1 fully saturated rings. The lowest BCUT2D eigenvalue weighted by atomic mass is 10.1. The van der Waals surface area contributed by atoms with Crippen molar-refractivity contribution in [2.45, 2.75) is 45.8 Å². The first-order valence-corrected chi connectivity index (χ1v) is 8.07. The van der Waals surface area contributed by atoms with Crippen LogP contribution in [0.5, 0.6) is 5.75 Å². The summed E-state index contributed by atoms with van der Waals surface area (Å²) in [5.74, 6) is 1.79. The lowest BCUT2D eigenvalue weighted by Gasteiger charge is -2.15. The van der Waals surface area contributed by atoms with Crippen LogP contribution in [0.1, 0.15) is 36.8 Å². The number of hydrogen-bond donors (Lipinski definition) is 2. The number of aryl methyl sites for hydroxylation is 1. The van der Waals surface area contributed by atoms with Crippen molar-refractivity contribution in [2.24, 2.45) is 10.9 Å². The molecule has 0 unspecified atom stereocenters. The number of hydrogen-bond acceptors (Lipinski definition) is 2. The Hall–Kier alpha value is -1.85. The van der Waals surface area contributed by atoms with Crippen LogP contribution in [0, 0.1) is 12.8 Å². The fourth-order valence-corrected chi connectivity index (χ4v) is 2.46. The van der Waals surface area contributed by atoms with Gasteiger partial charge in [-0.2, -0.15) is 8.78 Å². The second-order valence-corrected chi connectivity index (χ2v) is 5.93. The van der Waals surface area contributed by atoms with E-state index in [4.69, 9.17) is 0 Å². The van der Waals surface area contributed by atoms with Crippen molar-refractivity contribution in [1.29, 1.82) is 0 Å². The van der Waals surface area contributed by atoms with Gasteiger partial charge in [0.05, 0.1) is 0 Å². The van der Waals surface area contributed by atoms with Gasteiger partial charge in [0.2, 0.25) is 0 Å². The smallest absolute Gasteiger partial charge is 0.387 e. The maximum absolute atomic E-state index is 12.5. The van der Waals surface area contributed by atoms with Gasteiger partial charge in [-0.15, -0.1) is 0 Å². The van der Waals surface area contributed by atoms with Crippen LogP contribution in [0.25, 0.3) is 0 Å². The molecule has 1 aromatic rings. The van der Waals surface area contributed by atoms with Gasteiger partial charge >= 0.3 is 6.61 Å². The second kappa shape index (κ2) is 8.70. The molecule has 0 amide bonds. The summed E-state index contributed by atoms with van der Waals surface area (Å²) in [7, 11) is 1.70. The molecule has 0 heterocycles. The Morgan fingerprint density at radius 3 is 2.78 bits per heavy atom. The van der Waals surface area contributed by atoms with Gasteiger partial charge in [-0.1, -0.05) is 30.5 Å². The van der Waals surface area contributed by atoms with E-state index in [0.717, 1.165) is 24.4 Å². The molecule has 6 heteroatoms. The van der Waals surface area contributed by atoms with Gasteiger partial charge < -0.3 is 15.4 Å². The van der Waals surface area contributed by atoms with Crippen molar-refractivity contribution in [3.8, 4) is 5.75 Å². The molecule has 1 aromatic carbocycles. The van der Waals surface area contributed by atoms with Crippen LogP contribution >= 0.6 is 0 Å². The van der Waals surface area contributed by atoms with Gasteiger partial charge in [0.15, 0.2) is 5.96 Å². The molecule has 2 rings (SSSR count). The largest absolute Gasteiger partial charge is 0.434 e. The number of benzene rings is 1. The van der Waals surface area contributed by atoms with Crippen molar-refractivity contribution >= 4 is 5.96 Å². The second-order valence-electron chi connectivity index (χ2n) is 5.93. The molecule has 2 N–H and O–H groups in total. The minimum atomic E-state index is -2.82. The average molecular weight is 325 g/mol. The molecule has 0 radical (unpaired) electrons. The Labute approximate surface area is 136 Å². The Morgan fingerprint density at radius 1 is 1.35 bits per heavy atom. The van der Waals surface area contributed by atoms with E-state index in [9.17, 15) is 8.78 Å². The van der Waals surface area contributed by atoms with Gasteiger partial charge in [-0.25, -0.2) is 0 Å². The number of ether oxygens (including phenoxy) is 1. The molecule has 23 heavy (non-hydrogen) atoms. The average Bonchev–Trinajstić information content (AvgIpc) is 3.33. The monoisotopic (exact) mass is 325 g/mol. The lowest BCUT2D eigenvalue weighted by molar-refractivity contribution is -0.0504. The number of halogens is 2. The SMILES string of the molecule is CN=C(NCCCC1CC1)NCc1cc(C)ccc1OC(F)F. The van der Waals surface area contributed by atoms with E-state index < -0.39 is 6.61 Å². The zero-order valence-electron chi connectivity index (χ0n) is 13.7. The first-order valence-electron chi connectivity index (χ1n) is 8.07. The molecule has 4 nitrogen and oxygen atoms in total. The van der Waals surface area contributed by atoms with Crippen molar-refractivity contribution in [1.82, 2.24) is 10.6 Å². The minimum Gasteiger partial charge on any atom is -0.434 e. The van der Waals surface area contributed by atoms with Crippen molar-refractivity contribution < 1.29 is 13.5 Å². The molecular formula is C17H25F2N3O. The molecule has 0 aliphatic heterocycles. The first kappa shape index (κ1) is 17.5. The number of alkyl halides is 2. The van der Waals surface area contributed by atoms with Gasteiger partial charge in [-0.05, 0) is 31.7 Å². The van der Waals surface area contributed by atoms with Crippen LogP contribution in [-0.2, 0) is 6.54 Å². The number of rotatable bonds is 8. The van der Waals surface area contributed by atoms with E-state index in [2.05, 4.69) is 20.4 Å². The fourth-order valence-electron chi connectivity index (χ4n) is 2.46. The maximum atomic E-state index is 12.5. The molecule has 0 aromatic heterocycles. The molecule has 1 aliphatic rings. The Kier molecular flexibility index (Phi) is 6.62. The predicted molar refractivity (Wildman–Crippen MR) is 88.0 cm³/mol.